The van der Waals surface area contributed by atoms with Crippen LogP contribution in [0.15, 0.2) is 28.7 Å². The molecule has 1 aliphatic carbocycles. The Balaban J connectivity index is 1.85. The van der Waals surface area contributed by atoms with E-state index in [9.17, 15) is 0 Å². The molecule has 0 spiro atoms. The predicted molar refractivity (Wildman–Crippen MR) is 77.3 cm³/mol. The molecule has 1 aliphatic rings. The number of rotatable bonds is 4. The summed E-state index contributed by atoms with van der Waals surface area (Å²) in [6.07, 6.45) is 2.55. The lowest BCUT2D eigenvalue weighted by Crippen LogP contribution is -2.46. The van der Waals surface area contributed by atoms with E-state index in [4.69, 9.17) is 0 Å². The van der Waals surface area contributed by atoms with Gasteiger partial charge in [-0.3, -0.25) is 0 Å². The van der Waals surface area contributed by atoms with Crippen molar-refractivity contribution in [1.29, 1.82) is 0 Å². The van der Waals surface area contributed by atoms with E-state index in [0.717, 1.165) is 11.8 Å². The minimum absolute atomic E-state index is 0.625. The number of benzene rings is 1. The van der Waals surface area contributed by atoms with Crippen molar-refractivity contribution in [3.05, 3.63) is 34.3 Å². The van der Waals surface area contributed by atoms with Crippen molar-refractivity contribution in [3.8, 4) is 0 Å². The van der Waals surface area contributed by atoms with E-state index in [2.05, 4.69) is 66.3 Å². The molecule has 1 aromatic rings. The van der Waals surface area contributed by atoms with Crippen LogP contribution in [-0.4, -0.2) is 12.1 Å². The van der Waals surface area contributed by atoms with Gasteiger partial charge in [-0.1, -0.05) is 48.0 Å². The number of nitrogens with one attached hydrogen (secondary N) is 1. The lowest BCUT2D eigenvalue weighted by Gasteiger charge is -2.39. The van der Waals surface area contributed by atoms with Crippen molar-refractivity contribution in [1.82, 2.24) is 5.32 Å². The molecule has 0 saturated heterocycles. The number of hydrogen-bond donors (Lipinski definition) is 1. The third kappa shape index (κ3) is 3.11. The summed E-state index contributed by atoms with van der Waals surface area (Å²) >= 11 is 3.65. The summed E-state index contributed by atoms with van der Waals surface area (Å²) in [5, 5.41) is 3.72. The van der Waals surface area contributed by atoms with Crippen molar-refractivity contribution in [2.75, 3.05) is 0 Å². The maximum atomic E-state index is 3.72. The van der Waals surface area contributed by atoms with Crippen LogP contribution in [0.5, 0.6) is 0 Å². The van der Waals surface area contributed by atoms with E-state index in [1.54, 1.807) is 0 Å². The smallest absolute Gasteiger partial charge is 0.0210 e. The first kappa shape index (κ1) is 13.1. The van der Waals surface area contributed by atoms with E-state index in [1.165, 1.54) is 22.9 Å². The van der Waals surface area contributed by atoms with Gasteiger partial charge in [-0.15, -0.1) is 0 Å². The van der Waals surface area contributed by atoms with Gasteiger partial charge in [0.2, 0.25) is 0 Å². The molecule has 2 rings (SSSR count). The lowest BCUT2D eigenvalue weighted by molar-refractivity contribution is 0.248. The predicted octanol–water partition coefficient (Wildman–Crippen LogP) is 4.33. The molecule has 0 radical (unpaired) electrons. The van der Waals surface area contributed by atoms with Crippen LogP contribution in [0.3, 0.4) is 0 Å². The molecule has 1 aromatic carbocycles. The molecule has 2 heteroatoms. The summed E-state index contributed by atoms with van der Waals surface area (Å²) in [7, 11) is 0. The molecule has 1 saturated carbocycles. The Morgan fingerprint density at radius 1 is 1.18 bits per heavy atom. The Bertz CT molecular complexity index is 369. The fraction of sp³-hybridized carbons (Fsp3) is 0.600. The van der Waals surface area contributed by atoms with E-state index < -0.39 is 0 Å². The van der Waals surface area contributed by atoms with Crippen LogP contribution < -0.4 is 5.32 Å². The van der Waals surface area contributed by atoms with Crippen LogP contribution in [0.25, 0.3) is 0 Å². The molecule has 1 unspecified atom stereocenters. The highest BCUT2D eigenvalue weighted by Gasteiger charge is 2.32. The zero-order valence-electron chi connectivity index (χ0n) is 10.9. The van der Waals surface area contributed by atoms with Crippen molar-refractivity contribution in [3.63, 3.8) is 0 Å². The third-order valence-corrected chi connectivity index (χ3v) is 4.70. The normalized spacial score (nSPS) is 25.7. The zero-order valence-corrected chi connectivity index (χ0v) is 12.5. The maximum absolute atomic E-state index is 3.72. The molecule has 94 valence electrons. The Morgan fingerprint density at radius 2 is 1.82 bits per heavy atom. The van der Waals surface area contributed by atoms with Crippen LogP contribution in [0, 0.1) is 5.92 Å². The van der Waals surface area contributed by atoms with Crippen molar-refractivity contribution in [2.45, 2.75) is 51.6 Å². The summed E-state index contributed by atoms with van der Waals surface area (Å²) in [6.45, 7) is 6.85. The van der Waals surface area contributed by atoms with Gasteiger partial charge in [0.1, 0.15) is 0 Å². The quantitative estimate of drug-likeness (QED) is 0.872. The molecule has 1 N–H and O–H groups in total. The molecular formula is C15H22BrN. The Hall–Kier alpha value is -0.340. The summed E-state index contributed by atoms with van der Waals surface area (Å²) < 4.78 is 1.26. The van der Waals surface area contributed by atoms with E-state index in [0.29, 0.717) is 12.1 Å². The van der Waals surface area contributed by atoms with Crippen LogP contribution in [0.4, 0.5) is 0 Å². The minimum atomic E-state index is 0.625. The van der Waals surface area contributed by atoms with Crippen molar-refractivity contribution >= 4 is 15.9 Å². The second kappa shape index (κ2) is 5.53. The second-order valence-electron chi connectivity index (χ2n) is 5.59. The average molecular weight is 296 g/mol. The maximum Gasteiger partial charge on any atom is 0.0210 e. The molecule has 0 heterocycles. The molecule has 17 heavy (non-hydrogen) atoms. The van der Waals surface area contributed by atoms with Gasteiger partial charge < -0.3 is 5.32 Å². The van der Waals surface area contributed by atoms with E-state index in [1.807, 2.05) is 0 Å². The van der Waals surface area contributed by atoms with Crippen LogP contribution in [-0.2, 0) is 0 Å². The molecule has 0 aromatic heterocycles. The fourth-order valence-electron chi connectivity index (χ4n) is 2.38. The molecular weight excluding hydrogens is 274 g/mol. The molecule has 0 bridgehead atoms. The molecule has 1 fully saturated rings. The van der Waals surface area contributed by atoms with Gasteiger partial charge in [0.05, 0.1) is 0 Å². The van der Waals surface area contributed by atoms with Gasteiger partial charge in [0.15, 0.2) is 0 Å². The van der Waals surface area contributed by atoms with Gasteiger partial charge in [-0.2, -0.15) is 0 Å². The molecule has 1 atom stereocenters. The van der Waals surface area contributed by atoms with Gasteiger partial charge >= 0.3 is 0 Å². The highest BCUT2D eigenvalue weighted by molar-refractivity contribution is 9.10. The van der Waals surface area contributed by atoms with Gasteiger partial charge in [-0.25, -0.2) is 0 Å². The fourth-order valence-corrected chi connectivity index (χ4v) is 2.99. The molecule has 0 aliphatic heterocycles. The Kier molecular flexibility index (Phi) is 4.26. The average Bonchev–Trinajstić information content (AvgIpc) is 2.24. The topological polar surface area (TPSA) is 12.0 Å². The number of hydrogen-bond acceptors (Lipinski definition) is 1. The summed E-state index contributed by atoms with van der Waals surface area (Å²) in [5.41, 5.74) is 1.47. The highest BCUT2D eigenvalue weighted by atomic mass is 79.9. The molecule has 1 nitrogen and oxygen atoms in total. The van der Waals surface area contributed by atoms with Crippen LogP contribution in [0.2, 0.25) is 0 Å². The minimum Gasteiger partial charge on any atom is -0.311 e. The van der Waals surface area contributed by atoms with E-state index in [-0.39, 0.29) is 0 Å². The zero-order chi connectivity index (χ0) is 12.4. The Labute approximate surface area is 113 Å². The van der Waals surface area contributed by atoms with Crippen molar-refractivity contribution in [2.24, 2.45) is 5.92 Å². The standard InChI is InChI=1S/C15H22BrN/c1-10(2)11(3)17-13-8-12(9-13)14-6-4-5-7-15(14)16/h4-7,10-13,17H,8-9H2,1-3H3. The monoisotopic (exact) mass is 295 g/mol. The van der Waals surface area contributed by atoms with Gasteiger partial charge in [0.25, 0.3) is 0 Å². The first-order valence-electron chi connectivity index (χ1n) is 6.58. The van der Waals surface area contributed by atoms with Crippen LogP contribution >= 0.6 is 15.9 Å². The Morgan fingerprint density at radius 3 is 2.41 bits per heavy atom. The van der Waals surface area contributed by atoms with Crippen LogP contribution in [0.1, 0.15) is 45.1 Å². The largest absolute Gasteiger partial charge is 0.311 e. The second-order valence-corrected chi connectivity index (χ2v) is 6.44. The van der Waals surface area contributed by atoms with Gasteiger partial charge in [-0.05, 0) is 43.2 Å². The third-order valence-electron chi connectivity index (χ3n) is 3.98. The summed E-state index contributed by atoms with van der Waals surface area (Å²) in [5.74, 6) is 1.46. The number of halogens is 1. The first-order valence-corrected chi connectivity index (χ1v) is 7.37. The lowest BCUT2D eigenvalue weighted by atomic mass is 9.75. The molecule has 0 amide bonds. The first-order chi connectivity index (χ1) is 8.08. The van der Waals surface area contributed by atoms with Gasteiger partial charge in [0, 0.05) is 16.6 Å². The summed E-state index contributed by atoms with van der Waals surface area (Å²) in [6, 6.07) is 9.95. The summed E-state index contributed by atoms with van der Waals surface area (Å²) in [4.78, 5) is 0. The SMILES string of the molecule is CC(C)C(C)NC1CC(c2ccccc2Br)C1. The van der Waals surface area contributed by atoms with Crippen molar-refractivity contribution < 1.29 is 0 Å². The highest BCUT2D eigenvalue weighted by Crippen LogP contribution is 2.40. The van der Waals surface area contributed by atoms with E-state index >= 15 is 0 Å².